The van der Waals surface area contributed by atoms with Gasteiger partial charge in [0.15, 0.2) is 5.96 Å². The zero-order valence-electron chi connectivity index (χ0n) is 19.5. The Balaban J connectivity index is 0.00000341. The summed E-state index contributed by atoms with van der Waals surface area (Å²) in [5, 5.41) is 7.22. The molecule has 0 bridgehead atoms. The van der Waals surface area contributed by atoms with E-state index in [9.17, 15) is 0 Å². The van der Waals surface area contributed by atoms with Gasteiger partial charge in [-0.2, -0.15) is 0 Å². The average Bonchev–Trinajstić information content (AvgIpc) is 3.25. The van der Waals surface area contributed by atoms with Crippen LogP contribution in [0.4, 0.5) is 0 Å². The van der Waals surface area contributed by atoms with Gasteiger partial charge < -0.3 is 20.1 Å². The van der Waals surface area contributed by atoms with Crippen LogP contribution >= 0.6 is 24.0 Å². The summed E-state index contributed by atoms with van der Waals surface area (Å²) < 4.78 is 11.0. The van der Waals surface area contributed by atoms with Gasteiger partial charge in [0, 0.05) is 46.9 Å². The molecule has 176 valence electrons. The van der Waals surface area contributed by atoms with E-state index in [4.69, 9.17) is 9.47 Å². The molecule has 1 heterocycles. The zero-order valence-corrected chi connectivity index (χ0v) is 21.8. The van der Waals surface area contributed by atoms with Crippen LogP contribution in [0.25, 0.3) is 0 Å². The summed E-state index contributed by atoms with van der Waals surface area (Å²) >= 11 is 0. The second kappa shape index (κ2) is 13.6. The summed E-state index contributed by atoms with van der Waals surface area (Å²) in [6, 6.07) is 9.23. The molecule has 1 unspecified atom stereocenters. The van der Waals surface area contributed by atoms with Crippen LogP contribution < -0.4 is 10.6 Å². The van der Waals surface area contributed by atoms with Gasteiger partial charge in [-0.3, -0.25) is 9.89 Å². The van der Waals surface area contributed by atoms with Crippen molar-refractivity contribution in [1.29, 1.82) is 0 Å². The number of hydrogen-bond donors (Lipinski definition) is 2. The topological polar surface area (TPSA) is 58.1 Å². The third kappa shape index (κ3) is 7.87. The number of nitrogens with one attached hydrogen (secondary N) is 2. The fourth-order valence-electron chi connectivity index (χ4n) is 4.78. The number of methoxy groups -OCH3 is 1. The predicted octanol–water partition coefficient (Wildman–Crippen LogP) is 3.75. The summed E-state index contributed by atoms with van der Waals surface area (Å²) in [5.74, 6) is 0.893. The van der Waals surface area contributed by atoms with Crippen LogP contribution in [0.5, 0.6) is 0 Å². The molecule has 1 aromatic carbocycles. The molecule has 1 aliphatic carbocycles. The Morgan fingerprint density at radius 1 is 1.16 bits per heavy atom. The van der Waals surface area contributed by atoms with Crippen LogP contribution in [0.1, 0.15) is 49.3 Å². The minimum atomic E-state index is 0. The van der Waals surface area contributed by atoms with Gasteiger partial charge in [0.1, 0.15) is 0 Å². The molecule has 0 radical (unpaired) electrons. The molecule has 1 saturated carbocycles. The molecule has 1 atom stereocenters. The summed E-state index contributed by atoms with van der Waals surface area (Å²) in [6.45, 7) is 8.30. The Hall–Kier alpha value is -0.900. The van der Waals surface area contributed by atoms with Crippen LogP contribution in [-0.2, 0) is 9.47 Å². The Kier molecular flexibility index (Phi) is 11.6. The second-order valence-electron chi connectivity index (χ2n) is 8.83. The van der Waals surface area contributed by atoms with Crippen LogP contribution in [0.15, 0.2) is 29.3 Å². The van der Waals surface area contributed by atoms with Gasteiger partial charge in [0.25, 0.3) is 0 Å². The molecule has 0 aromatic heterocycles. The Morgan fingerprint density at radius 3 is 2.45 bits per heavy atom. The first kappa shape index (κ1) is 26.4. The number of guanidine groups is 1. The predicted molar refractivity (Wildman–Crippen MR) is 138 cm³/mol. The number of hydrogen-bond acceptors (Lipinski definition) is 4. The SMILES string of the molecule is CN=C(NCC(c1ccc(C)cc1)N1CCOCC1)NCC1(CCOC)CCCC1.I. The summed E-state index contributed by atoms with van der Waals surface area (Å²) in [6.07, 6.45) is 6.32. The largest absolute Gasteiger partial charge is 0.385 e. The first-order chi connectivity index (χ1) is 14.7. The van der Waals surface area contributed by atoms with E-state index in [1.54, 1.807) is 7.11 Å². The number of halogens is 1. The van der Waals surface area contributed by atoms with E-state index in [0.717, 1.165) is 58.4 Å². The molecule has 0 amide bonds. The number of rotatable bonds is 9. The highest BCUT2D eigenvalue weighted by Gasteiger charge is 2.33. The van der Waals surface area contributed by atoms with E-state index in [-0.39, 0.29) is 24.0 Å². The fraction of sp³-hybridized carbons (Fsp3) is 0.708. The van der Waals surface area contributed by atoms with Crippen molar-refractivity contribution >= 4 is 29.9 Å². The lowest BCUT2D eigenvalue weighted by Crippen LogP contribution is -2.48. The molecule has 1 saturated heterocycles. The van der Waals surface area contributed by atoms with Gasteiger partial charge >= 0.3 is 0 Å². The molecule has 6 nitrogen and oxygen atoms in total. The Morgan fingerprint density at radius 2 is 1.84 bits per heavy atom. The first-order valence-electron chi connectivity index (χ1n) is 11.5. The van der Waals surface area contributed by atoms with E-state index in [1.165, 1.54) is 36.8 Å². The molecule has 2 aliphatic rings. The minimum absolute atomic E-state index is 0. The van der Waals surface area contributed by atoms with Crippen molar-refractivity contribution in [3.63, 3.8) is 0 Å². The van der Waals surface area contributed by atoms with Crippen molar-refractivity contribution in [3.05, 3.63) is 35.4 Å². The Labute approximate surface area is 205 Å². The molecule has 2 fully saturated rings. The van der Waals surface area contributed by atoms with Crippen molar-refractivity contribution in [2.75, 3.05) is 60.2 Å². The average molecular weight is 545 g/mol. The molecule has 3 rings (SSSR count). The molecular weight excluding hydrogens is 503 g/mol. The number of benzene rings is 1. The molecule has 1 aromatic rings. The van der Waals surface area contributed by atoms with Gasteiger partial charge in [0.05, 0.1) is 19.3 Å². The maximum absolute atomic E-state index is 5.58. The van der Waals surface area contributed by atoms with Crippen molar-refractivity contribution in [2.24, 2.45) is 10.4 Å². The fourth-order valence-corrected chi connectivity index (χ4v) is 4.78. The van der Waals surface area contributed by atoms with Crippen molar-refractivity contribution in [2.45, 2.75) is 45.1 Å². The highest BCUT2D eigenvalue weighted by atomic mass is 127. The van der Waals surface area contributed by atoms with Crippen LogP contribution in [0.2, 0.25) is 0 Å². The van der Waals surface area contributed by atoms with Crippen molar-refractivity contribution < 1.29 is 9.47 Å². The minimum Gasteiger partial charge on any atom is -0.385 e. The van der Waals surface area contributed by atoms with Gasteiger partial charge in [-0.15, -0.1) is 24.0 Å². The van der Waals surface area contributed by atoms with Crippen LogP contribution in [-0.4, -0.2) is 71.0 Å². The van der Waals surface area contributed by atoms with Crippen molar-refractivity contribution in [3.8, 4) is 0 Å². The number of morpholine rings is 1. The number of ether oxygens (including phenoxy) is 2. The van der Waals surface area contributed by atoms with Gasteiger partial charge in [0.2, 0.25) is 0 Å². The molecular formula is C24H41IN4O2. The van der Waals surface area contributed by atoms with Gasteiger partial charge in [-0.25, -0.2) is 0 Å². The van der Waals surface area contributed by atoms with E-state index < -0.39 is 0 Å². The molecule has 0 spiro atoms. The molecule has 1 aliphatic heterocycles. The van der Waals surface area contributed by atoms with Crippen LogP contribution in [0, 0.1) is 12.3 Å². The van der Waals surface area contributed by atoms with Gasteiger partial charge in [-0.05, 0) is 37.2 Å². The number of nitrogens with zero attached hydrogens (tertiary/aromatic N) is 2. The van der Waals surface area contributed by atoms with Crippen LogP contribution in [0.3, 0.4) is 0 Å². The standard InChI is InChI=1S/C24H40N4O2.HI/c1-20-6-8-21(9-7-20)22(28-13-16-30-17-14-28)18-26-23(25-2)27-19-24(12-15-29-3)10-4-5-11-24;/h6-9,22H,4-5,10-19H2,1-3H3,(H2,25,26,27);1H. The van der Waals surface area contributed by atoms with E-state index in [2.05, 4.69) is 51.7 Å². The summed E-state index contributed by atoms with van der Waals surface area (Å²) in [4.78, 5) is 7.02. The van der Waals surface area contributed by atoms with Crippen molar-refractivity contribution in [1.82, 2.24) is 15.5 Å². The molecule has 7 heteroatoms. The smallest absolute Gasteiger partial charge is 0.191 e. The number of aryl methyl sites for hydroxylation is 1. The summed E-state index contributed by atoms with van der Waals surface area (Å²) in [5.41, 5.74) is 2.98. The first-order valence-corrected chi connectivity index (χ1v) is 11.5. The monoisotopic (exact) mass is 544 g/mol. The lowest BCUT2D eigenvalue weighted by atomic mass is 9.83. The lowest BCUT2D eigenvalue weighted by molar-refractivity contribution is 0.0170. The Bertz CT molecular complexity index is 656. The molecule has 31 heavy (non-hydrogen) atoms. The number of aliphatic imine (C=N–C) groups is 1. The zero-order chi connectivity index (χ0) is 21.2. The maximum atomic E-state index is 5.58. The third-order valence-electron chi connectivity index (χ3n) is 6.77. The van der Waals surface area contributed by atoms with E-state index in [0.29, 0.717) is 11.5 Å². The highest BCUT2D eigenvalue weighted by Crippen LogP contribution is 2.40. The van der Waals surface area contributed by atoms with E-state index in [1.807, 2.05) is 7.05 Å². The van der Waals surface area contributed by atoms with Gasteiger partial charge in [-0.1, -0.05) is 42.7 Å². The lowest BCUT2D eigenvalue weighted by Gasteiger charge is -2.35. The summed E-state index contributed by atoms with van der Waals surface area (Å²) in [7, 11) is 3.66. The maximum Gasteiger partial charge on any atom is 0.191 e. The second-order valence-corrected chi connectivity index (χ2v) is 8.83. The molecule has 2 N–H and O–H groups in total. The highest BCUT2D eigenvalue weighted by molar-refractivity contribution is 14.0. The third-order valence-corrected chi connectivity index (χ3v) is 6.77. The van der Waals surface area contributed by atoms with E-state index >= 15 is 0 Å². The normalized spacial score (nSPS) is 20.2. The quantitative estimate of drug-likeness (QED) is 0.282.